The molecule has 2 heterocycles. The Morgan fingerprint density at radius 1 is 1.18 bits per heavy atom. The van der Waals surface area contributed by atoms with Gasteiger partial charge in [-0.25, -0.2) is 0 Å². The lowest BCUT2D eigenvalue weighted by Crippen LogP contribution is -2.15. The van der Waals surface area contributed by atoms with Crippen LogP contribution in [0, 0.1) is 25.2 Å². The SMILES string of the molecule is Cc1cccc2c1C(c1ccc(C#N)cc1)=N[C@@H](CC(N)=O)c1onc(C)c1-2. The summed E-state index contributed by atoms with van der Waals surface area (Å²) in [7, 11) is 0. The highest BCUT2D eigenvalue weighted by Crippen LogP contribution is 2.41. The average molecular weight is 370 g/mol. The molecule has 6 heteroatoms. The van der Waals surface area contributed by atoms with Crippen molar-refractivity contribution in [3.8, 4) is 17.2 Å². The maximum atomic E-state index is 11.7. The molecule has 1 aliphatic rings. The van der Waals surface area contributed by atoms with Crippen LogP contribution in [0.3, 0.4) is 0 Å². The Labute approximate surface area is 162 Å². The minimum atomic E-state index is -0.564. The molecule has 28 heavy (non-hydrogen) atoms. The molecule has 0 saturated carbocycles. The standard InChI is InChI=1S/C22H18N4O2/c1-12-4-3-5-16-19(12)21(15-8-6-14(11-23)7-9-15)25-17(10-18(24)27)22-20(16)13(2)26-28-22/h3-9,17H,10H2,1-2H3,(H2,24,27)/t17-/m0/s1. The number of nitrogens with zero attached hydrogens (tertiary/aromatic N) is 3. The van der Waals surface area contributed by atoms with Crippen LogP contribution in [-0.2, 0) is 4.79 Å². The lowest BCUT2D eigenvalue weighted by Gasteiger charge is -2.14. The van der Waals surface area contributed by atoms with E-state index < -0.39 is 11.9 Å². The maximum absolute atomic E-state index is 11.7. The van der Waals surface area contributed by atoms with Gasteiger partial charge in [0.15, 0.2) is 5.76 Å². The monoisotopic (exact) mass is 370 g/mol. The van der Waals surface area contributed by atoms with Crippen molar-refractivity contribution in [3.63, 3.8) is 0 Å². The minimum absolute atomic E-state index is 0.0223. The van der Waals surface area contributed by atoms with E-state index in [9.17, 15) is 4.79 Å². The largest absolute Gasteiger partial charge is 0.370 e. The molecule has 0 bridgehead atoms. The predicted octanol–water partition coefficient (Wildman–Crippen LogP) is 3.60. The summed E-state index contributed by atoms with van der Waals surface area (Å²) in [5.74, 6) is 0.0856. The third kappa shape index (κ3) is 2.87. The fourth-order valence-corrected chi connectivity index (χ4v) is 3.66. The van der Waals surface area contributed by atoms with Crippen LogP contribution in [0.5, 0.6) is 0 Å². The Bertz CT molecular complexity index is 1150. The zero-order valence-electron chi connectivity index (χ0n) is 15.6. The van der Waals surface area contributed by atoms with E-state index in [4.69, 9.17) is 20.5 Å². The Balaban J connectivity index is 2.02. The van der Waals surface area contributed by atoms with Crippen molar-refractivity contribution >= 4 is 11.6 Å². The highest BCUT2D eigenvalue weighted by Gasteiger charge is 2.31. The number of fused-ring (bicyclic) bond motifs is 3. The van der Waals surface area contributed by atoms with Crippen molar-refractivity contribution in [2.45, 2.75) is 26.3 Å². The smallest absolute Gasteiger partial charge is 0.220 e. The minimum Gasteiger partial charge on any atom is -0.370 e. The van der Waals surface area contributed by atoms with Gasteiger partial charge in [-0.3, -0.25) is 9.79 Å². The van der Waals surface area contributed by atoms with Gasteiger partial charge in [-0.15, -0.1) is 0 Å². The first-order valence-electron chi connectivity index (χ1n) is 8.92. The molecule has 138 valence electrons. The summed E-state index contributed by atoms with van der Waals surface area (Å²) in [5.41, 5.74) is 12.2. The first-order chi connectivity index (χ1) is 13.5. The number of carbonyl (C=O) groups is 1. The lowest BCUT2D eigenvalue weighted by molar-refractivity contribution is -0.118. The van der Waals surface area contributed by atoms with Crippen molar-refractivity contribution in [1.82, 2.24) is 5.16 Å². The molecule has 0 spiro atoms. The first kappa shape index (κ1) is 17.7. The summed E-state index contributed by atoms with van der Waals surface area (Å²) in [6.07, 6.45) is 0.0223. The number of rotatable bonds is 3. The number of hydrogen-bond donors (Lipinski definition) is 1. The molecule has 0 aliphatic carbocycles. The average Bonchev–Trinajstić information content (AvgIpc) is 3.00. The summed E-state index contributed by atoms with van der Waals surface area (Å²) in [4.78, 5) is 16.6. The zero-order chi connectivity index (χ0) is 19.8. The van der Waals surface area contributed by atoms with Crippen LogP contribution < -0.4 is 5.73 Å². The molecule has 1 aromatic heterocycles. The number of benzene rings is 2. The molecule has 6 nitrogen and oxygen atoms in total. The summed E-state index contributed by atoms with van der Waals surface area (Å²) < 4.78 is 5.59. The van der Waals surface area contributed by atoms with Crippen LogP contribution in [0.4, 0.5) is 0 Å². The number of aryl methyl sites for hydroxylation is 2. The van der Waals surface area contributed by atoms with Gasteiger partial charge >= 0.3 is 0 Å². The Morgan fingerprint density at radius 3 is 2.61 bits per heavy atom. The number of carbonyl (C=O) groups excluding carboxylic acids is 1. The van der Waals surface area contributed by atoms with Crippen LogP contribution in [0.2, 0.25) is 0 Å². The molecule has 1 atom stereocenters. The second kappa shape index (κ2) is 6.78. The van der Waals surface area contributed by atoms with Crippen LogP contribution in [0.1, 0.15) is 46.2 Å². The third-order valence-corrected chi connectivity index (χ3v) is 4.94. The van der Waals surface area contributed by atoms with E-state index in [0.717, 1.165) is 39.2 Å². The van der Waals surface area contributed by atoms with Crippen LogP contribution >= 0.6 is 0 Å². The number of hydrogen-bond acceptors (Lipinski definition) is 5. The normalized spacial score (nSPS) is 15.0. The van der Waals surface area contributed by atoms with Gasteiger partial charge in [-0.1, -0.05) is 35.5 Å². The van der Waals surface area contributed by atoms with E-state index in [1.54, 1.807) is 12.1 Å². The summed E-state index contributed by atoms with van der Waals surface area (Å²) in [6.45, 7) is 3.90. The van der Waals surface area contributed by atoms with Gasteiger partial charge in [0.1, 0.15) is 6.04 Å². The molecular formula is C22H18N4O2. The predicted molar refractivity (Wildman–Crippen MR) is 105 cm³/mol. The third-order valence-electron chi connectivity index (χ3n) is 4.94. The summed E-state index contributed by atoms with van der Waals surface area (Å²) in [6, 6.07) is 14.8. The van der Waals surface area contributed by atoms with Gasteiger partial charge in [0.05, 0.1) is 35.0 Å². The number of primary amides is 1. The topological polar surface area (TPSA) is 105 Å². The van der Waals surface area contributed by atoms with Crippen LogP contribution in [0.15, 0.2) is 52.0 Å². The number of amides is 1. The van der Waals surface area contributed by atoms with Gasteiger partial charge in [-0.05, 0) is 37.1 Å². The molecule has 1 amide bonds. The second-order valence-corrected chi connectivity index (χ2v) is 6.86. The van der Waals surface area contributed by atoms with Gasteiger partial charge in [0, 0.05) is 11.1 Å². The summed E-state index contributed by atoms with van der Waals surface area (Å²) in [5, 5.41) is 13.2. The number of nitriles is 1. The molecule has 0 saturated heterocycles. The fourth-order valence-electron chi connectivity index (χ4n) is 3.66. The molecule has 0 fully saturated rings. The molecule has 4 rings (SSSR count). The van der Waals surface area contributed by atoms with Crippen molar-refractivity contribution in [1.29, 1.82) is 5.26 Å². The molecule has 2 N–H and O–H groups in total. The molecular weight excluding hydrogens is 352 g/mol. The highest BCUT2D eigenvalue weighted by molar-refractivity contribution is 6.18. The number of aromatic nitrogens is 1. The van der Waals surface area contributed by atoms with E-state index in [1.807, 2.05) is 44.2 Å². The molecule has 3 aromatic rings. The Morgan fingerprint density at radius 2 is 1.93 bits per heavy atom. The van der Waals surface area contributed by atoms with E-state index in [1.165, 1.54) is 0 Å². The van der Waals surface area contributed by atoms with E-state index >= 15 is 0 Å². The van der Waals surface area contributed by atoms with Gasteiger partial charge in [0.25, 0.3) is 0 Å². The van der Waals surface area contributed by atoms with Crippen molar-refractivity contribution < 1.29 is 9.32 Å². The molecule has 0 radical (unpaired) electrons. The van der Waals surface area contributed by atoms with Gasteiger partial charge in [-0.2, -0.15) is 5.26 Å². The number of aliphatic imine (C=N–C) groups is 1. The summed E-state index contributed by atoms with van der Waals surface area (Å²) >= 11 is 0. The van der Waals surface area contributed by atoms with Gasteiger partial charge < -0.3 is 10.3 Å². The molecule has 1 aliphatic heterocycles. The molecule has 0 unspecified atom stereocenters. The Hall–Kier alpha value is -3.72. The quantitative estimate of drug-likeness (QED) is 0.760. The van der Waals surface area contributed by atoms with E-state index in [-0.39, 0.29) is 6.42 Å². The molecule has 2 aromatic carbocycles. The zero-order valence-corrected chi connectivity index (χ0v) is 15.6. The van der Waals surface area contributed by atoms with E-state index in [2.05, 4.69) is 11.2 Å². The maximum Gasteiger partial charge on any atom is 0.220 e. The number of nitrogens with two attached hydrogens (primary N) is 1. The Kier molecular flexibility index (Phi) is 4.28. The lowest BCUT2D eigenvalue weighted by atomic mass is 9.89. The van der Waals surface area contributed by atoms with Gasteiger partial charge in [0.2, 0.25) is 5.91 Å². The first-order valence-corrected chi connectivity index (χ1v) is 8.92. The van der Waals surface area contributed by atoms with E-state index in [0.29, 0.717) is 11.3 Å². The van der Waals surface area contributed by atoms with Crippen molar-refractivity contribution in [3.05, 3.63) is 76.2 Å². The fraction of sp³-hybridized carbons (Fsp3) is 0.182. The van der Waals surface area contributed by atoms with Crippen LogP contribution in [-0.4, -0.2) is 16.8 Å². The van der Waals surface area contributed by atoms with Crippen molar-refractivity contribution in [2.24, 2.45) is 10.7 Å². The van der Waals surface area contributed by atoms with Crippen molar-refractivity contribution in [2.75, 3.05) is 0 Å². The highest BCUT2D eigenvalue weighted by atomic mass is 16.5. The van der Waals surface area contributed by atoms with Crippen LogP contribution in [0.25, 0.3) is 11.1 Å². The second-order valence-electron chi connectivity index (χ2n) is 6.86.